The average molecular weight is 537 g/mol. The van der Waals surface area contributed by atoms with Gasteiger partial charge in [-0.15, -0.1) is 10.2 Å². The van der Waals surface area contributed by atoms with E-state index in [1.54, 1.807) is 42.7 Å². The van der Waals surface area contributed by atoms with Crippen molar-refractivity contribution in [3.8, 4) is 11.4 Å². The Balaban J connectivity index is 1.32. The number of nitrogens with zero attached hydrogens (tertiary/aromatic N) is 5. The minimum atomic E-state index is -0.404. The molecule has 2 aromatic heterocycles. The molecule has 0 saturated heterocycles. The number of aromatic nitrogens is 4. The number of nitrogens with one attached hydrogen (secondary N) is 1. The summed E-state index contributed by atoms with van der Waals surface area (Å²) in [7, 11) is 0. The number of hydrogen-bond donors (Lipinski definition) is 1. The Morgan fingerprint density at radius 1 is 0.846 bits per heavy atom. The molecular weight excluding hydrogens is 512 g/mol. The third kappa shape index (κ3) is 6.36. The van der Waals surface area contributed by atoms with E-state index in [1.807, 2.05) is 59.2 Å². The summed E-state index contributed by atoms with van der Waals surface area (Å²) in [6.45, 7) is 0.895. The first-order valence-electron chi connectivity index (χ1n) is 12.2. The van der Waals surface area contributed by atoms with Crippen LogP contribution >= 0.6 is 11.8 Å². The summed E-state index contributed by atoms with van der Waals surface area (Å²) in [6, 6.07) is 27.5. The Bertz CT molecular complexity index is 1570. The van der Waals surface area contributed by atoms with Crippen LogP contribution in [0.15, 0.2) is 109 Å². The van der Waals surface area contributed by atoms with E-state index < -0.39 is 4.92 Å². The Hall–Kier alpha value is -4.83. The van der Waals surface area contributed by atoms with Gasteiger partial charge in [-0.05, 0) is 47.0 Å². The number of hydrogen-bond acceptors (Lipinski definition) is 7. The van der Waals surface area contributed by atoms with Crippen LogP contribution in [-0.2, 0) is 18.8 Å². The Morgan fingerprint density at radius 2 is 1.56 bits per heavy atom. The molecule has 39 heavy (non-hydrogen) atoms. The van der Waals surface area contributed by atoms with E-state index in [0.717, 1.165) is 16.7 Å². The predicted molar refractivity (Wildman–Crippen MR) is 149 cm³/mol. The third-order valence-electron chi connectivity index (χ3n) is 6.03. The van der Waals surface area contributed by atoms with Crippen molar-refractivity contribution in [3.05, 3.63) is 136 Å². The van der Waals surface area contributed by atoms with Gasteiger partial charge in [0.1, 0.15) is 0 Å². The second-order valence-corrected chi connectivity index (χ2v) is 9.62. The largest absolute Gasteiger partial charge is 0.348 e. The molecule has 0 aliphatic rings. The van der Waals surface area contributed by atoms with Gasteiger partial charge < -0.3 is 5.32 Å². The number of carbonyl (C=O) groups excluding carboxylic acids is 1. The molecule has 0 spiro atoms. The fraction of sp³-hybridized carbons (Fsp3) is 0.103. The highest BCUT2D eigenvalue weighted by Crippen LogP contribution is 2.32. The molecule has 194 valence electrons. The lowest BCUT2D eigenvalue weighted by Gasteiger charge is -2.11. The van der Waals surface area contributed by atoms with E-state index in [4.69, 9.17) is 0 Å². The first-order valence-corrected chi connectivity index (χ1v) is 13.2. The van der Waals surface area contributed by atoms with Crippen LogP contribution < -0.4 is 5.32 Å². The summed E-state index contributed by atoms with van der Waals surface area (Å²) in [5.74, 6) is 0.875. The number of para-hydroxylation sites is 1. The standard InChI is InChI=1S/C29H24N6O3S/c36-28(31-18-21-14-16-30-17-15-21)24-12-10-23(11-13-24)20-39-29-33-32-27(25-8-4-5-9-26(25)35(37)38)34(29)19-22-6-2-1-3-7-22/h1-17H,18-20H2,(H,31,36). The fourth-order valence-electron chi connectivity index (χ4n) is 4.01. The van der Waals surface area contributed by atoms with Gasteiger partial charge in [-0.2, -0.15) is 0 Å². The van der Waals surface area contributed by atoms with Gasteiger partial charge in [-0.3, -0.25) is 24.5 Å². The van der Waals surface area contributed by atoms with Crippen molar-refractivity contribution in [2.24, 2.45) is 0 Å². The SMILES string of the molecule is O=C(NCc1ccncc1)c1ccc(CSc2nnc(-c3ccccc3[N+](=O)[O-])n2Cc2ccccc2)cc1. The van der Waals surface area contributed by atoms with E-state index >= 15 is 0 Å². The highest BCUT2D eigenvalue weighted by Gasteiger charge is 2.22. The highest BCUT2D eigenvalue weighted by atomic mass is 32.2. The molecule has 0 radical (unpaired) electrons. The molecule has 1 N–H and O–H groups in total. The molecule has 0 unspecified atom stereocenters. The monoisotopic (exact) mass is 536 g/mol. The smallest absolute Gasteiger partial charge is 0.280 e. The number of rotatable bonds is 10. The van der Waals surface area contributed by atoms with Crippen LogP contribution in [0.3, 0.4) is 0 Å². The number of nitro benzene ring substituents is 1. The van der Waals surface area contributed by atoms with Crippen molar-refractivity contribution in [2.45, 2.75) is 24.0 Å². The second kappa shape index (κ2) is 12.1. The predicted octanol–water partition coefficient (Wildman–Crippen LogP) is 5.52. The van der Waals surface area contributed by atoms with Gasteiger partial charge in [0.25, 0.3) is 11.6 Å². The summed E-state index contributed by atoms with van der Waals surface area (Å²) >= 11 is 1.48. The van der Waals surface area contributed by atoms with Crippen LogP contribution in [0.1, 0.15) is 27.0 Å². The van der Waals surface area contributed by atoms with Gasteiger partial charge in [0.15, 0.2) is 11.0 Å². The van der Waals surface area contributed by atoms with Crippen LogP contribution in [0.4, 0.5) is 5.69 Å². The molecule has 0 aliphatic carbocycles. The summed E-state index contributed by atoms with van der Waals surface area (Å²) in [5.41, 5.74) is 3.98. The van der Waals surface area contributed by atoms with Crippen LogP contribution in [0.2, 0.25) is 0 Å². The number of amides is 1. The topological polar surface area (TPSA) is 116 Å². The van der Waals surface area contributed by atoms with Crippen LogP contribution in [0.5, 0.6) is 0 Å². The number of carbonyl (C=O) groups is 1. The number of nitro groups is 1. The highest BCUT2D eigenvalue weighted by molar-refractivity contribution is 7.98. The summed E-state index contributed by atoms with van der Waals surface area (Å²) in [6.07, 6.45) is 3.39. The van der Waals surface area contributed by atoms with Gasteiger partial charge in [-0.1, -0.05) is 66.4 Å². The maximum absolute atomic E-state index is 12.5. The molecule has 9 nitrogen and oxygen atoms in total. The molecular formula is C29H24N6O3S. The van der Waals surface area contributed by atoms with Crippen LogP contribution in [-0.4, -0.2) is 30.6 Å². The summed E-state index contributed by atoms with van der Waals surface area (Å²) in [4.78, 5) is 27.8. The zero-order valence-corrected chi connectivity index (χ0v) is 21.6. The zero-order chi connectivity index (χ0) is 27.0. The van der Waals surface area contributed by atoms with E-state index in [-0.39, 0.29) is 11.6 Å². The minimum absolute atomic E-state index is 0.0199. The van der Waals surface area contributed by atoms with Gasteiger partial charge in [0.2, 0.25) is 0 Å². The minimum Gasteiger partial charge on any atom is -0.348 e. The number of thioether (sulfide) groups is 1. The van der Waals surface area contributed by atoms with Gasteiger partial charge in [-0.25, -0.2) is 0 Å². The maximum Gasteiger partial charge on any atom is 0.280 e. The van der Waals surface area contributed by atoms with Crippen molar-refractivity contribution < 1.29 is 9.72 Å². The van der Waals surface area contributed by atoms with Gasteiger partial charge >= 0.3 is 0 Å². The number of benzene rings is 3. The van der Waals surface area contributed by atoms with Crippen LogP contribution in [0, 0.1) is 10.1 Å². The fourth-order valence-corrected chi connectivity index (χ4v) is 4.90. The average Bonchev–Trinajstić information content (AvgIpc) is 3.38. The number of pyridine rings is 1. The second-order valence-electron chi connectivity index (χ2n) is 8.68. The zero-order valence-electron chi connectivity index (χ0n) is 20.8. The normalized spacial score (nSPS) is 10.8. The quantitative estimate of drug-likeness (QED) is 0.142. The van der Waals surface area contributed by atoms with E-state index in [0.29, 0.717) is 41.0 Å². The van der Waals surface area contributed by atoms with E-state index in [2.05, 4.69) is 20.5 Å². The Labute approximate surface area is 229 Å². The van der Waals surface area contributed by atoms with Crippen LogP contribution in [0.25, 0.3) is 11.4 Å². The first-order chi connectivity index (χ1) is 19.1. The molecule has 0 aliphatic heterocycles. The Morgan fingerprint density at radius 3 is 2.31 bits per heavy atom. The molecule has 0 bridgehead atoms. The van der Waals surface area contributed by atoms with Crippen molar-refractivity contribution in [3.63, 3.8) is 0 Å². The van der Waals surface area contributed by atoms with Crippen molar-refractivity contribution in [1.82, 2.24) is 25.1 Å². The summed E-state index contributed by atoms with van der Waals surface area (Å²) in [5, 5.41) is 24.0. The molecule has 1 amide bonds. The van der Waals surface area contributed by atoms with E-state index in [9.17, 15) is 14.9 Å². The molecule has 0 fully saturated rings. The lowest BCUT2D eigenvalue weighted by atomic mass is 10.1. The van der Waals surface area contributed by atoms with Crippen molar-refractivity contribution in [2.75, 3.05) is 0 Å². The molecule has 2 heterocycles. The molecule has 0 atom stereocenters. The van der Waals surface area contributed by atoms with Gasteiger partial charge in [0, 0.05) is 36.3 Å². The molecule has 10 heteroatoms. The maximum atomic E-state index is 12.5. The Kier molecular flexibility index (Phi) is 8.03. The van der Waals surface area contributed by atoms with Gasteiger partial charge in [0.05, 0.1) is 17.0 Å². The molecule has 5 aromatic rings. The lowest BCUT2D eigenvalue weighted by molar-refractivity contribution is -0.384. The third-order valence-corrected chi connectivity index (χ3v) is 7.07. The summed E-state index contributed by atoms with van der Waals surface area (Å²) < 4.78 is 1.91. The first kappa shape index (κ1) is 25.8. The molecule has 3 aromatic carbocycles. The van der Waals surface area contributed by atoms with E-state index in [1.165, 1.54) is 17.8 Å². The van der Waals surface area contributed by atoms with Crippen molar-refractivity contribution in [1.29, 1.82) is 0 Å². The lowest BCUT2D eigenvalue weighted by Crippen LogP contribution is -2.22. The molecule has 0 saturated carbocycles. The van der Waals surface area contributed by atoms with Crippen molar-refractivity contribution >= 4 is 23.4 Å². The molecule has 5 rings (SSSR count).